The molecule has 0 bridgehead atoms. The molecule has 2 saturated heterocycles. The van der Waals surface area contributed by atoms with Gasteiger partial charge in [0.05, 0.1) is 0 Å². The highest BCUT2D eigenvalue weighted by molar-refractivity contribution is 5.50. The lowest BCUT2D eigenvalue weighted by atomic mass is 10.4. The van der Waals surface area contributed by atoms with Gasteiger partial charge in [-0.15, -0.1) is 0 Å². The molecule has 2 aliphatic heterocycles. The second-order valence-corrected chi connectivity index (χ2v) is 4.89. The van der Waals surface area contributed by atoms with E-state index in [1.807, 2.05) is 0 Å². The second-order valence-electron chi connectivity index (χ2n) is 4.89. The molecular formula is C12H24N4O2. The molecule has 0 aromatic heterocycles. The maximum atomic E-state index is 10.2. The summed E-state index contributed by atoms with van der Waals surface area (Å²) in [5.74, 6) is 0. The van der Waals surface area contributed by atoms with E-state index in [0.29, 0.717) is 26.2 Å². The van der Waals surface area contributed by atoms with E-state index in [1.165, 1.54) is 26.2 Å². The first-order chi connectivity index (χ1) is 8.65. The molecular weight excluding hydrogens is 232 g/mol. The number of amides is 2. The van der Waals surface area contributed by atoms with Crippen LogP contribution in [0.3, 0.4) is 0 Å². The van der Waals surface area contributed by atoms with Gasteiger partial charge in [-0.3, -0.25) is 9.59 Å². The van der Waals surface area contributed by atoms with E-state index < -0.39 is 0 Å². The van der Waals surface area contributed by atoms with Crippen LogP contribution in [0.2, 0.25) is 0 Å². The summed E-state index contributed by atoms with van der Waals surface area (Å²) in [6.45, 7) is 7.61. The number of rotatable bonds is 2. The van der Waals surface area contributed by atoms with E-state index >= 15 is 0 Å². The number of hydrogen-bond donors (Lipinski definition) is 0. The maximum Gasteiger partial charge on any atom is 0.209 e. The molecule has 6 nitrogen and oxygen atoms in total. The number of hydrogen-bond acceptors (Lipinski definition) is 4. The van der Waals surface area contributed by atoms with Gasteiger partial charge in [-0.2, -0.15) is 0 Å². The smallest absolute Gasteiger partial charge is 0.209 e. The Kier molecular flexibility index (Phi) is 6.67. The predicted octanol–water partition coefficient (Wildman–Crippen LogP) is -1.22. The average molecular weight is 256 g/mol. The normalized spacial score (nSPS) is 22.1. The summed E-state index contributed by atoms with van der Waals surface area (Å²) >= 11 is 0. The molecule has 2 heterocycles. The fraction of sp³-hybridized carbons (Fsp3) is 0.833. The summed E-state index contributed by atoms with van der Waals surface area (Å²) in [6, 6.07) is 0. The van der Waals surface area contributed by atoms with Crippen molar-refractivity contribution >= 4 is 12.8 Å². The Morgan fingerprint density at radius 3 is 1.11 bits per heavy atom. The van der Waals surface area contributed by atoms with Crippen molar-refractivity contribution < 1.29 is 9.59 Å². The largest absolute Gasteiger partial charge is 0.342 e. The first kappa shape index (κ1) is 14.9. The highest BCUT2D eigenvalue weighted by atomic mass is 16.1. The quantitative estimate of drug-likeness (QED) is 0.581. The lowest BCUT2D eigenvalue weighted by Gasteiger charge is -2.29. The van der Waals surface area contributed by atoms with Gasteiger partial charge >= 0.3 is 0 Å². The Labute approximate surface area is 109 Å². The SMILES string of the molecule is CN1CCN(C)CC1.O=CN1CCN(C=O)CC1. The molecule has 2 rings (SSSR count). The summed E-state index contributed by atoms with van der Waals surface area (Å²) in [7, 11) is 4.35. The molecule has 0 aliphatic carbocycles. The molecule has 0 unspecified atom stereocenters. The van der Waals surface area contributed by atoms with Gasteiger partial charge in [-0.25, -0.2) is 0 Å². The van der Waals surface area contributed by atoms with Crippen molar-refractivity contribution in [3.63, 3.8) is 0 Å². The standard InChI is InChI=1S/C6H10N2O2.C6H14N2/c9-5-7-1-2-8(6-10)4-3-7;1-7-3-5-8(2)6-4-7/h5-6H,1-4H2;3-6H2,1-2H3. The Morgan fingerprint density at radius 2 is 0.889 bits per heavy atom. The first-order valence-corrected chi connectivity index (χ1v) is 6.41. The van der Waals surface area contributed by atoms with E-state index in [4.69, 9.17) is 0 Å². The third-order valence-electron chi connectivity index (χ3n) is 3.37. The van der Waals surface area contributed by atoms with Crippen LogP contribution in [-0.4, -0.2) is 98.9 Å². The number of carbonyl (C=O) groups is 2. The number of nitrogens with zero attached hydrogens (tertiary/aromatic N) is 4. The lowest BCUT2D eigenvalue weighted by Crippen LogP contribution is -2.44. The van der Waals surface area contributed by atoms with E-state index in [-0.39, 0.29) is 0 Å². The van der Waals surface area contributed by atoms with Crippen molar-refractivity contribution in [2.45, 2.75) is 0 Å². The van der Waals surface area contributed by atoms with Crippen LogP contribution in [0.4, 0.5) is 0 Å². The molecule has 0 saturated carbocycles. The molecule has 0 aromatic rings. The molecule has 0 radical (unpaired) electrons. The minimum absolute atomic E-state index is 0.669. The predicted molar refractivity (Wildman–Crippen MR) is 70.3 cm³/mol. The first-order valence-electron chi connectivity index (χ1n) is 6.41. The minimum atomic E-state index is 0.669. The highest BCUT2D eigenvalue weighted by Gasteiger charge is 2.12. The summed E-state index contributed by atoms with van der Waals surface area (Å²) in [5.41, 5.74) is 0. The van der Waals surface area contributed by atoms with Gasteiger partial charge in [0.25, 0.3) is 0 Å². The van der Waals surface area contributed by atoms with Gasteiger partial charge in [-0.1, -0.05) is 0 Å². The van der Waals surface area contributed by atoms with Crippen molar-refractivity contribution in [3.05, 3.63) is 0 Å². The van der Waals surface area contributed by atoms with Crippen LogP contribution in [0.15, 0.2) is 0 Å². The van der Waals surface area contributed by atoms with Crippen LogP contribution in [0.5, 0.6) is 0 Å². The molecule has 2 aliphatic rings. The molecule has 0 aromatic carbocycles. The van der Waals surface area contributed by atoms with Crippen LogP contribution in [0, 0.1) is 0 Å². The molecule has 0 spiro atoms. The lowest BCUT2D eigenvalue weighted by molar-refractivity contribution is -0.125. The zero-order chi connectivity index (χ0) is 13.4. The highest BCUT2D eigenvalue weighted by Crippen LogP contribution is 1.95. The van der Waals surface area contributed by atoms with Crippen LogP contribution < -0.4 is 0 Å². The number of likely N-dealkylation sites (N-methyl/N-ethyl adjacent to an activating group) is 2. The van der Waals surface area contributed by atoms with Gasteiger partial charge in [0, 0.05) is 52.4 Å². The molecule has 104 valence electrons. The third-order valence-corrected chi connectivity index (χ3v) is 3.37. The summed E-state index contributed by atoms with van der Waals surface area (Å²) in [4.78, 5) is 28.4. The molecule has 2 amide bonds. The Hall–Kier alpha value is -1.14. The van der Waals surface area contributed by atoms with Crippen LogP contribution >= 0.6 is 0 Å². The number of piperazine rings is 2. The molecule has 0 atom stereocenters. The molecule has 18 heavy (non-hydrogen) atoms. The van der Waals surface area contributed by atoms with Crippen LogP contribution in [0.1, 0.15) is 0 Å². The van der Waals surface area contributed by atoms with Crippen molar-refractivity contribution in [2.24, 2.45) is 0 Å². The third kappa shape index (κ3) is 5.46. The monoisotopic (exact) mass is 256 g/mol. The van der Waals surface area contributed by atoms with Gasteiger partial charge in [0.15, 0.2) is 0 Å². The Morgan fingerprint density at radius 1 is 0.611 bits per heavy atom. The van der Waals surface area contributed by atoms with Crippen molar-refractivity contribution in [3.8, 4) is 0 Å². The molecule has 0 N–H and O–H groups in total. The van der Waals surface area contributed by atoms with E-state index in [0.717, 1.165) is 12.8 Å². The Balaban J connectivity index is 0.000000184. The number of carbonyl (C=O) groups excluding carboxylic acids is 2. The molecule has 6 heteroatoms. The summed E-state index contributed by atoms with van der Waals surface area (Å²) in [5, 5.41) is 0. The maximum absolute atomic E-state index is 10.2. The Bertz CT molecular complexity index is 220. The van der Waals surface area contributed by atoms with E-state index in [1.54, 1.807) is 9.80 Å². The summed E-state index contributed by atoms with van der Waals surface area (Å²) < 4.78 is 0. The molecule has 2 fully saturated rings. The summed E-state index contributed by atoms with van der Waals surface area (Å²) in [6.07, 6.45) is 1.64. The van der Waals surface area contributed by atoms with Gasteiger partial charge in [0.2, 0.25) is 12.8 Å². The fourth-order valence-electron chi connectivity index (χ4n) is 1.85. The van der Waals surface area contributed by atoms with Crippen molar-refractivity contribution in [1.29, 1.82) is 0 Å². The van der Waals surface area contributed by atoms with Crippen molar-refractivity contribution in [2.75, 3.05) is 66.5 Å². The van der Waals surface area contributed by atoms with E-state index in [2.05, 4.69) is 23.9 Å². The van der Waals surface area contributed by atoms with Crippen LogP contribution in [0.25, 0.3) is 0 Å². The average Bonchev–Trinajstić information content (AvgIpc) is 2.43. The fourth-order valence-corrected chi connectivity index (χ4v) is 1.85. The minimum Gasteiger partial charge on any atom is -0.342 e. The topological polar surface area (TPSA) is 47.1 Å². The second kappa shape index (κ2) is 8.05. The van der Waals surface area contributed by atoms with Gasteiger partial charge in [-0.05, 0) is 14.1 Å². The van der Waals surface area contributed by atoms with Crippen LogP contribution in [-0.2, 0) is 9.59 Å². The zero-order valence-corrected chi connectivity index (χ0v) is 11.4. The van der Waals surface area contributed by atoms with Crippen molar-refractivity contribution in [1.82, 2.24) is 19.6 Å². The van der Waals surface area contributed by atoms with Gasteiger partial charge < -0.3 is 19.6 Å². The zero-order valence-electron chi connectivity index (χ0n) is 11.4. The van der Waals surface area contributed by atoms with Gasteiger partial charge in [0.1, 0.15) is 0 Å². The van der Waals surface area contributed by atoms with E-state index in [9.17, 15) is 9.59 Å².